The maximum Gasteiger partial charge on any atom is 0.416 e. The van der Waals surface area contributed by atoms with Crippen LogP contribution < -0.4 is 10.0 Å². The van der Waals surface area contributed by atoms with Crippen molar-refractivity contribution in [1.82, 2.24) is 14.9 Å². The Balaban J connectivity index is 2.25. The van der Waals surface area contributed by atoms with Crippen LogP contribution in [-0.4, -0.2) is 45.5 Å². The zero-order chi connectivity index (χ0) is 19.8. The first-order valence-corrected chi connectivity index (χ1v) is 8.61. The number of benzene rings is 1. The number of nitrogens with zero attached hydrogens (tertiary/aromatic N) is 1. The first kappa shape index (κ1) is 20.3. The highest BCUT2D eigenvalue weighted by Gasteiger charge is 2.38. The Labute approximate surface area is 144 Å². The molecule has 0 atom stereocenters. The van der Waals surface area contributed by atoms with Crippen molar-refractivity contribution in [2.45, 2.75) is 17.2 Å². The minimum atomic E-state index is -5.15. The lowest BCUT2D eigenvalue weighted by Gasteiger charge is -2.16. The van der Waals surface area contributed by atoms with Gasteiger partial charge in [-0.25, -0.2) is 17.9 Å². The summed E-state index contributed by atoms with van der Waals surface area (Å²) in [6, 6.07) is -0.351. The highest BCUT2D eigenvalue weighted by atomic mass is 32.2. The van der Waals surface area contributed by atoms with Gasteiger partial charge >= 0.3 is 18.4 Å². The second-order valence-electron chi connectivity index (χ2n) is 5.36. The van der Waals surface area contributed by atoms with E-state index in [0.717, 1.165) is 0 Å². The molecule has 1 aliphatic rings. The number of carbonyl (C=O) groups is 1. The number of halogens is 6. The molecule has 26 heavy (non-hydrogen) atoms. The van der Waals surface area contributed by atoms with Crippen molar-refractivity contribution in [3.63, 3.8) is 0 Å². The van der Waals surface area contributed by atoms with Crippen LogP contribution >= 0.6 is 0 Å². The fraction of sp³-hybridized carbons (Fsp3) is 0.462. The number of rotatable bonds is 5. The third kappa shape index (κ3) is 4.78. The van der Waals surface area contributed by atoms with E-state index in [1.807, 2.05) is 4.72 Å². The Kier molecular flexibility index (Phi) is 5.42. The molecule has 0 saturated carbocycles. The molecule has 1 heterocycles. The monoisotopic (exact) mass is 405 g/mol. The fourth-order valence-corrected chi connectivity index (χ4v) is 3.30. The highest BCUT2D eigenvalue weighted by Crippen LogP contribution is 2.37. The number of amides is 2. The number of urea groups is 1. The van der Waals surface area contributed by atoms with Gasteiger partial charge in [0.2, 0.25) is 10.0 Å². The van der Waals surface area contributed by atoms with E-state index in [-0.39, 0.29) is 31.3 Å². The van der Waals surface area contributed by atoms with Crippen molar-refractivity contribution >= 4 is 16.1 Å². The van der Waals surface area contributed by atoms with Crippen molar-refractivity contribution in [3.8, 4) is 0 Å². The molecule has 0 bridgehead atoms. The third-order valence-corrected chi connectivity index (χ3v) is 4.93. The summed E-state index contributed by atoms with van der Waals surface area (Å²) in [6.07, 6.45) is -10.3. The van der Waals surface area contributed by atoms with Crippen LogP contribution in [0.15, 0.2) is 23.1 Å². The predicted molar refractivity (Wildman–Crippen MR) is 76.6 cm³/mol. The van der Waals surface area contributed by atoms with E-state index in [1.165, 1.54) is 4.90 Å². The van der Waals surface area contributed by atoms with Crippen molar-refractivity contribution in [2.75, 3.05) is 26.2 Å². The van der Waals surface area contributed by atoms with Gasteiger partial charge in [0.25, 0.3) is 0 Å². The van der Waals surface area contributed by atoms with E-state index in [2.05, 4.69) is 5.32 Å². The van der Waals surface area contributed by atoms with E-state index in [0.29, 0.717) is 13.1 Å². The van der Waals surface area contributed by atoms with Crippen molar-refractivity contribution in [3.05, 3.63) is 29.3 Å². The summed E-state index contributed by atoms with van der Waals surface area (Å²) >= 11 is 0. The quantitative estimate of drug-likeness (QED) is 0.736. The van der Waals surface area contributed by atoms with Crippen LogP contribution in [0, 0.1) is 0 Å². The van der Waals surface area contributed by atoms with Crippen LogP contribution in [-0.2, 0) is 22.4 Å². The zero-order valence-electron chi connectivity index (χ0n) is 12.9. The average Bonchev–Trinajstić information content (AvgIpc) is 2.90. The van der Waals surface area contributed by atoms with Crippen LogP contribution in [0.1, 0.15) is 11.1 Å². The topological polar surface area (TPSA) is 78.5 Å². The molecule has 146 valence electrons. The van der Waals surface area contributed by atoms with E-state index in [4.69, 9.17) is 0 Å². The molecule has 0 spiro atoms. The molecule has 2 rings (SSSR count). The van der Waals surface area contributed by atoms with E-state index < -0.39 is 44.4 Å². The predicted octanol–water partition coefficient (Wildman–Crippen LogP) is 2.03. The van der Waals surface area contributed by atoms with Crippen molar-refractivity contribution in [2.24, 2.45) is 0 Å². The van der Waals surface area contributed by atoms with Gasteiger partial charge in [-0.3, -0.25) is 0 Å². The van der Waals surface area contributed by atoms with Crippen molar-refractivity contribution in [1.29, 1.82) is 0 Å². The molecule has 2 N–H and O–H groups in total. The van der Waals surface area contributed by atoms with Gasteiger partial charge in [0.05, 0.1) is 16.0 Å². The standard InChI is InChI=1S/C13H13F6N3O3S/c14-12(15,16)8-5-9(13(17,18)19)7-10(6-8)26(24,25)21-2-4-22-3-1-20-11(22)23/h5-7,21H,1-4H2,(H,20,23). The van der Waals surface area contributed by atoms with Crippen LogP contribution in [0.4, 0.5) is 31.1 Å². The second-order valence-corrected chi connectivity index (χ2v) is 7.13. The Morgan fingerprint density at radius 2 is 1.58 bits per heavy atom. The molecule has 1 fully saturated rings. The summed E-state index contributed by atoms with van der Waals surface area (Å²) in [7, 11) is -4.64. The van der Waals surface area contributed by atoms with Gasteiger partial charge in [0, 0.05) is 26.2 Å². The molecule has 0 aliphatic carbocycles. The lowest BCUT2D eigenvalue weighted by Crippen LogP contribution is -2.36. The summed E-state index contributed by atoms with van der Waals surface area (Å²) in [4.78, 5) is 11.4. The first-order valence-electron chi connectivity index (χ1n) is 7.12. The third-order valence-electron chi connectivity index (χ3n) is 3.49. The van der Waals surface area contributed by atoms with E-state index in [1.54, 1.807) is 0 Å². The van der Waals surface area contributed by atoms with Gasteiger partial charge in [-0.2, -0.15) is 26.3 Å². The molecular weight excluding hydrogens is 392 g/mol. The van der Waals surface area contributed by atoms with Gasteiger partial charge in [-0.15, -0.1) is 0 Å². The van der Waals surface area contributed by atoms with Crippen molar-refractivity contribution < 1.29 is 39.6 Å². The first-order chi connectivity index (χ1) is 11.8. The summed E-state index contributed by atoms with van der Waals surface area (Å²) in [6.45, 7) is 0.208. The smallest absolute Gasteiger partial charge is 0.336 e. The van der Waals surface area contributed by atoms with Crippen LogP contribution in [0.3, 0.4) is 0 Å². The molecule has 1 aromatic carbocycles. The van der Waals surface area contributed by atoms with Gasteiger partial charge in [-0.05, 0) is 18.2 Å². The Morgan fingerprint density at radius 3 is 2.00 bits per heavy atom. The molecule has 1 aliphatic heterocycles. The number of sulfonamides is 1. The summed E-state index contributed by atoms with van der Waals surface area (Å²) in [5.74, 6) is 0. The molecule has 2 amide bonds. The van der Waals surface area contributed by atoms with Crippen LogP contribution in [0.25, 0.3) is 0 Å². The fourth-order valence-electron chi connectivity index (χ4n) is 2.20. The number of carbonyl (C=O) groups excluding carboxylic acids is 1. The SMILES string of the molecule is O=C1NCCN1CCNS(=O)(=O)c1cc(C(F)(F)F)cc(C(F)(F)F)c1. The largest absolute Gasteiger partial charge is 0.416 e. The normalized spacial score (nSPS) is 16.1. The van der Waals surface area contributed by atoms with E-state index >= 15 is 0 Å². The number of hydrogen-bond donors (Lipinski definition) is 2. The molecular formula is C13H13F6N3O3S. The molecule has 1 aromatic rings. The summed E-state index contributed by atoms with van der Waals surface area (Å²) < 4.78 is 103. The lowest BCUT2D eigenvalue weighted by molar-refractivity contribution is -0.143. The molecule has 1 saturated heterocycles. The zero-order valence-corrected chi connectivity index (χ0v) is 13.7. The average molecular weight is 405 g/mol. The number of nitrogens with one attached hydrogen (secondary N) is 2. The van der Waals surface area contributed by atoms with Crippen LogP contribution in [0.2, 0.25) is 0 Å². The van der Waals surface area contributed by atoms with Gasteiger partial charge < -0.3 is 10.2 Å². The van der Waals surface area contributed by atoms with Gasteiger partial charge in [-0.1, -0.05) is 0 Å². The summed E-state index contributed by atoms with van der Waals surface area (Å²) in [5.41, 5.74) is -3.46. The molecule has 0 radical (unpaired) electrons. The Hall–Kier alpha value is -2.02. The second kappa shape index (κ2) is 6.95. The van der Waals surface area contributed by atoms with E-state index in [9.17, 15) is 39.6 Å². The molecule has 6 nitrogen and oxygen atoms in total. The summed E-state index contributed by atoms with van der Waals surface area (Å²) in [5, 5.41) is 2.46. The Morgan fingerprint density at radius 1 is 1.04 bits per heavy atom. The minimum absolute atomic E-state index is 0.0871. The molecule has 13 heteroatoms. The van der Waals surface area contributed by atoms with Gasteiger partial charge in [0.1, 0.15) is 0 Å². The van der Waals surface area contributed by atoms with Crippen LogP contribution in [0.5, 0.6) is 0 Å². The van der Waals surface area contributed by atoms with Gasteiger partial charge in [0.15, 0.2) is 0 Å². The maximum atomic E-state index is 12.8. The number of alkyl halides is 6. The Bertz CT molecular complexity index is 759. The molecule has 0 aromatic heterocycles. The number of hydrogen-bond acceptors (Lipinski definition) is 3. The highest BCUT2D eigenvalue weighted by molar-refractivity contribution is 7.89. The minimum Gasteiger partial charge on any atom is -0.336 e. The maximum absolute atomic E-state index is 12.8. The molecule has 0 unspecified atom stereocenters. The lowest BCUT2D eigenvalue weighted by atomic mass is 10.1.